The van der Waals surface area contributed by atoms with E-state index in [1.165, 1.54) is 4.57 Å². The molecule has 0 radical (unpaired) electrons. The minimum atomic E-state index is -0.723. The highest BCUT2D eigenvalue weighted by Crippen LogP contribution is 2.13. The number of carbonyl (C=O) groups excluding carboxylic acids is 1. The first-order valence-electron chi connectivity index (χ1n) is 7.86. The summed E-state index contributed by atoms with van der Waals surface area (Å²) in [6.07, 6.45) is 0.700. The van der Waals surface area contributed by atoms with E-state index < -0.39 is 11.2 Å². The average molecular weight is 324 g/mol. The van der Waals surface area contributed by atoms with Gasteiger partial charge in [0.2, 0.25) is 0 Å². The Kier molecular flexibility index (Phi) is 5.38. The van der Waals surface area contributed by atoms with Crippen molar-refractivity contribution in [1.82, 2.24) is 14.5 Å². The first-order valence-corrected chi connectivity index (χ1v) is 7.86. The standard InChI is InChI=1S/C15H24N4O4/c1-4-5-19-13(16)12(14(21)17-15(19)22)11(20)7-18-6-10(3)23-8-9(18)2/h9-10H,4-8,16H2,1-3H3,(H,17,21,22)/t9-,10+/m1/s1. The van der Waals surface area contributed by atoms with Gasteiger partial charge in [0, 0.05) is 19.1 Å². The molecule has 2 rings (SSSR count). The number of ketones is 1. The third kappa shape index (κ3) is 3.70. The first kappa shape index (κ1) is 17.4. The maximum atomic E-state index is 12.6. The molecule has 0 aromatic carbocycles. The van der Waals surface area contributed by atoms with Crippen molar-refractivity contribution in [2.45, 2.75) is 45.9 Å². The minimum absolute atomic E-state index is 0.0312. The fourth-order valence-electron chi connectivity index (χ4n) is 2.76. The molecule has 1 aromatic rings. The van der Waals surface area contributed by atoms with E-state index in [1.54, 1.807) is 0 Å². The lowest BCUT2D eigenvalue weighted by molar-refractivity contribution is -0.0460. The Bertz CT molecular complexity index is 694. The summed E-state index contributed by atoms with van der Waals surface area (Å²) in [5.74, 6) is -0.436. The fraction of sp³-hybridized carbons (Fsp3) is 0.667. The van der Waals surface area contributed by atoms with E-state index in [9.17, 15) is 14.4 Å². The second-order valence-corrected chi connectivity index (χ2v) is 6.02. The zero-order valence-electron chi connectivity index (χ0n) is 13.8. The number of nitrogen functional groups attached to an aromatic ring is 1. The average Bonchev–Trinajstić information content (AvgIpc) is 2.47. The zero-order chi connectivity index (χ0) is 17.1. The molecule has 8 nitrogen and oxygen atoms in total. The maximum absolute atomic E-state index is 12.6. The van der Waals surface area contributed by atoms with Crippen molar-refractivity contribution in [2.75, 3.05) is 25.4 Å². The number of ether oxygens (including phenoxy) is 1. The van der Waals surface area contributed by atoms with Crippen LogP contribution in [0.1, 0.15) is 37.6 Å². The van der Waals surface area contributed by atoms with Crippen LogP contribution < -0.4 is 17.0 Å². The van der Waals surface area contributed by atoms with Gasteiger partial charge < -0.3 is 10.5 Å². The molecule has 1 aromatic heterocycles. The number of nitrogens with zero attached hydrogens (tertiary/aromatic N) is 2. The smallest absolute Gasteiger partial charge is 0.329 e. The van der Waals surface area contributed by atoms with E-state index in [4.69, 9.17) is 10.5 Å². The van der Waals surface area contributed by atoms with E-state index in [1.807, 2.05) is 25.7 Å². The lowest BCUT2D eigenvalue weighted by atomic mass is 10.1. The van der Waals surface area contributed by atoms with Crippen LogP contribution in [0.5, 0.6) is 0 Å². The summed E-state index contributed by atoms with van der Waals surface area (Å²) in [5, 5.41) is 0. The number of rotatable bonds is 5. The molecule has 1 aliphatic heterocycles. The van der Waals surface area contributed by atoms with Crippen molar-refractivity contribution in [2.24, 2.45) is 0 Å². The quantitative estimate of drug-likeness (QED) is 0.727. The van der Waals surface area contributed by atoms with Crippen LogP contribution in [-0.2, 0) is 11.3 Å². The lowest BCUT2D eigenvalue weighted by Crippen LogP contribution is -2.50. The molecular formula is C15H24N4O4. The molecule has 1 fully saturated rings. The van der Waals surface area contributed by atoms with Gasteiger partial charge in [-0.3, -0.25) is 24.0 Å². The molecule has 1 aliphatic rings. The Labute approximate surface area is 134 Å². The highest BCUT2D eigenvalue weighted by atomic mass is 16.5. The number of anilines is 1. The number of hydrogen-bond acceptors (Lipinski definition) is 6. The second-order valence-electron chi connectivity index (χ2n) is 6.02. The number of nitrogens with two attached hydrogens (primary N) is 1. The SMILES string of the molecule is CCCn1c(N)c(C(=O)CN2C[C@H](C)OC[C@H]2C)c(=O)[nH]c1=O. The van der Waals surface area contributed by atoms with Crippen molar-refractivity contribution in [3.05, 3.63) is 26.4 Å². The minimum Gasteiger partial charge on any atom is -0.384 e. The van der Waals surface area contributed by atoms with E-state index in [0.717, 1.165) is 0 Å². The number of aromatic nitrogens is 2. The van der Waals surface area contributed by atoms with Crippen LogP contribution in [0.2, 0.25) is 0 Å². The molecule has 8 heteroatoms. The predicted octanol–water partition coefficient (Wildman–Crippen LogP) is -0.179. The van der Waals surface area contributed by atoms with E-state index in [-0.39, 0.29) is 35.9 Å². The monoisotopic (exact) mass is 324 g/mol. The molecule has 23 heavy (non-hydrogen) atoms. The Morgan fingerprint density at radius 1 is 1.39 bits per heavy atom. The molecule has 2 heterocycles. The van der Waals surface area contributed by atoms with Crippen molar-refractivity contribution in [3.63, 3.8) is 0 Å². The van der Waals surface area contributed by atoms with Crippen LogP contribution in [0.4, 0.5) is 5.82 Å². The van der Waals surface area contributed by atoms with Gasteiger partial charge in [0.05, 0.1) is 19.3 Å². The number of aromatic amines is 1. The number of carbonyl (C=O) groups is 1. The molecule has 0 saturated carbocycles. The molecule has 0 bridgehead atoms. The third-order valence-electron chi connectivity index (χ3n) is 4.05. The maximum Gasteiger partial charge on any atom is 0.329 e. The lowest BCUT2D eigenvalue weighted by Gasteiger charge is -2.36. The number of nitrogens with one attached hydrogen (secondary N) is 1. The van der Waals surface area contributed by atoms with Gasteiger partial charge in [-0.1, -0.05) is 6.92 Å². The Balaban J connectivity index is 2.30. The second kappa shape index (κ2) is 7.10. The van der Waals surface area contributed by atoms with Crippen molar-refractivity contribution < 1.29 is 9.53 Å². The molecule has 2 atom stereocenters. The number of H-pyrrole nitrogens is 1. The molecule has 1 saturated heterocycles. The molecule has 0 spiro atoms. The molecule has 0 amide bonds. The van der Waals surface area contributed by atoms with E-state index in [0.29, 0.717) is 26.1 Å². The summed E-state index contributed by atoms with van der Waals surface area (Å²) in [7, 11) is 0. The molecular weight excluding hydrogens is 300 g/mol. The topological polar surface area (TPSA) is 110 Å². The van der Waals surface area contributed by atoms with Gasteiger partial charge in [-0.05, 0) is 20.3 Å². The summed E-state index contributed by atoms with van der Waals surface area (Å²) in [4.78, 5) is 40.6. The van der Waals surface area contributed by atoms with Gasteiger partial charge in [-0.2, -0.15) is 0 Å². The normalized spacial score (nSPS) is 22.2. The van der Waals surface area contributed by atoms with E-state index >= 15 is 0 Å². The Hall–Kier alpha value is -1.93. The molecule has 3 N–H and O–H groups in total. The number of morpholine rings is 1. The Morgan fingerprint density at radius 2 is 2.09 bits per heavy atom. The van der Waals surface area contributed by atoms with Crippen molar-refractivity contribution >= 4 is 11.6 Å². The van der Waals surface area contributed by atoms with Crippen LogP contribution in [0.3, 0.4) is 0 Å². The van der Waals surface area contributed by atoms with Gasteiger partial charge in [0.15, 0.2) is 5.78 Å². The third-order valence-corrected chi connectivity index (χ3v) is 4.05. The van der Waals surface area contributed by atoms with Gasteiger partial charge in [-0.25, -0.2) is 4.79 Å². The highest BCUT2D eigenvalue weighted by molar-refractivity contribution is 6.01. The summed E-state index contributed by atoms with van der Waals surface area (Å²) < 4.78 is 6.77. The van der Waals surface area contributed by atoms with Crippen LogP contribution in [0.25, 0.3) is 0 Å². The predicted molar refractivity (Wildman–Crippen MR) is 86.8 cm³/mol. The van der Waals surface area contributed by atoms with Gasteiger partial charge >= 0.3 is 5.69 Å². The van der Waals surface area contributed by atoms with Crippen LogP contribution >= 0.6 is 0 Å². The first-order chi connectivity index (χ1) is 10.8. The molecule has 0 unspecified atom stereocenters. The summed E-state index contributed by atoms with van der Waals surface area (Å²) in [6, 6.07) is 0.0806. The zero-order valence-corrected chi connectivity index (χ0v) is 13.8. The number of hydrogen-bond donors (Lipinski definition) is 2. The molecule has 0 aliphatic carbocycles. The van der Waals surface area contributed by atoms with Crippen LogP contribution in [-0.4, -0.2) is 52.1 Å². The van der Waals surface area contributed by atoms with Gasteiger partial charge in [0.25, 0.3) is 5.56 Å². The van der Waals surface area contributed by atoms with E-state index in [2.05, 4.69) is 4.98 Å². The van der Waals surface area contributed by atoms with Crippen molar-refractivity contribution in [3.8, 4) is 0 Å². The molecule has 128 valence electrons. The highest BCUT2D eigenvalue weighted by Gasteiger charge is 2.27. The summed E-state index contributed by atoms with van der Waals surface area (Å²) >= 11 is 0. The Morgan fingerprint density at radius 3 is 2.74 bits per heavy atom. The van der Waals surface area contributed by atoms with Crippen molar-refractivity contribution in [1.29, 1.82) is 0 Å². The van der Waals surface area contributed by atoms with Crippen LogP contribution in [0.15, 0.2) is 9.59 Å². The summed E-state index contributed by atoms with van der Waals surface area (Å²) in [5.41, 5.74) is 4.48. The fourth-order valence-corrected chi connectivity index (χ4v) is 2.76. The summed E-state index contributed by atoms with van der Waals surface area (Å²) in [6.45, 7) is 7.36. The van der Waals surface area contributed by atoms with Gasteiger partial charge in [-0.15, -0.1) is 0 Å². The van der Waals surface area contributed by atoms with Crippen LogP contribution in [0, 0.1) is 0 Å². The number of Topliss-reactive ketones (excluding diaryl/α,β-unsaturated/α-hetero) is 1. The van der Waals surface area contributed by atoms with Gasteiger partial charge in [0.1, 0.15) is 11.4 Å². The largest absolute Gasteiger partial charge is 0.384 e.